The molecule has 2 aliphatic heterocycles. The molecule has 6 heteroatoms. The number of likely N-dealkylation sites (tertiary alicyclic amines) is 1. The highest BCUT2D eigenvalue weighted by Gasteiger charge is 2.37. The molecule has 2 saturated heterocycles. The van der Waals surface area contributed by atoms with Gasteiger partial charge < -0.3 is 15.0 Å². The molecule has 2 aliphatic rings. The summed E-state index contributed by atoms with van der Waals surface area (Å²) in [4.78, 5) is 13.6. The minimum Gasteiger partial charge on any atom is -0.375 e. The Hall–Kier alpha value is -0.750. The fourth-order valence-corrected chi connectivity index (χ4v) is 2.55. The van der Waals surface area contributed by atoms with Gasteiger partial charge in [-0.3, -0.25) is 4.79 Å². The van der Waals surface area contributed by atoms with E-state index in [1.54, 1.807) is 0 Å². The quantitative estimate of drug-likeness (QED) is 0.713. The fourth-order valence-electron chi connectivity index (χ4n) is 2.55. The number of fused-ring (bicyclic) bond motifs is 1. The van der Waals surface area contributed by atoms with Gasteiger partial charge in [0.15, 0.2) is 0 Å². The van der Waals surface area contributed by atoms with Gasteiger partial charge in [0, 0.05) is 26.2 Å². The number of nitrogens with one attached hydrogen (secondary N) is 1. The molecule has 2 atom stereocenters. The van der Waals surface area contributed by atoms with Crippen LogP contribution in [0.4, 0.5) is 8.78 Å². The number of halogens is 2. The molecule has 17 heavy (non-hydrogen) atoms. The van der Waals surface area contributed by atoms with E-state index in [0.717, 1.165) is 26.2 Å². The first-order chi connectivity index (χ1) is 8.16. The molecule has 2 fully saturated rings. The van der Waals surface area contributed by atoms with Crippen molar-refractivity contribution in [2.45, 2.75) is 12.8 Å². The highest BCUT2D eigenvalue weighted by molar-refractivity contribution is 5.76. The Balaban J connectivity index is 1.64. The Morgan fingerprint density at radius 3 is 2.59 bits per heavy atom. The molecule has 0 aromatic heterocycles. The summed E-state index contributed by atoms with van der Waals surface area (Å²) < 4.78 is 28.3. The van der Waals surface area contributed by atoms with Gasteiger partial charge in [0.05, 0.1) is 13.0 Å². The van der Waals surface area contributed by atoms with Crippen molar-refractivity contribution in [2.75, 3.05) is 39.4 Å². The second-order valence-corrected chi connectivity index (χ2v) is 4.69. The molecule has 0 aromatic rings. The van der Waals surface area contributed by atoms with Crippen molar-refractivity contribution in [1.82, 2.24) is 10.2 Å². The normalized spacial score (nSPS) is 27.8. The Kier molecular flexibility index (Phi) is 4.28. The van der Waals surface area contributed by atoms with E-state index in [0.29, 0.717) is 11.8 Å². The Labute approximate surface area is 99.3 Å². The molecule has 2 unspecified atom stereocenters. The third kappa shape index (κ3) is 3.35. The van der Waals surface area contributed by atoms with E-state index >= 15 is 0 Å². The molecule has 0 aliphatic carbocycles. The van der Waals surface area contributed by atoms with Crippen molar-refractivity contribution in [1.29, 1.82) is 0 Å². The third-order valence-electron chi connectivity index (χ3n) is 3.45. The number of hydrogen-bond acceptors (Lipinski definition) is 3. The first kappa shape index (κ1) is 12.7. The lowest BCUT2D eigenvalue weighted by molar-refractivity contribution is -0.132. The average Bonchev–Trinajstić information content (AvgIpc) is 2.83. The van der Waals surface area contributed by atoms with Crippen LogP contribution in [0.25, 0.3) is 0 Å². The monoisotopic (exact) mass is 248 g/mol. The first-order valence-electron chi connectivity index (χ1n) is 6.01. The van der Waals surface area contributed by atoms with E-state index in [2.05, 4.69) is 5.32 Å². The molecule has 2 heterocycles. The van der Waals surface area contributed by atoms with Gasteiger partial charge in [-0.2, -0.15) is 0 Å². The van der Waals surface area contributed by atoms with Crippen molar-refractivity contribution in [2.24, 2.45) is 11.8 Å². The van der Waals surface area contributed by atoms with E-state index in [1.807, 2.05) is 4.90 Å². The summed E-state index contributed by atoms with van der Waals surface area (Å²) in [6, 6.07) is 0. The van der Waals surface area contributed by atoms with Crippen LogP contribution >= 0.6 is 0 Å². The summed E-state index contributed by atoms with van der Waals surface area (Å²) in [5, 5.41) is 3.30. The maximum absolute atomic E-state index is 11.8. The molecule has 0 saturated carbocycles. The van der Waals surface area contributed by atoms with Crippen molar-refractivity contribution in [3.63, 3.8) is 0 Å². The topological polar surface area (TPSA) is 41.6 Å². The first-order valence-corrected chi connectivity index (χ1v) is 6.01. The van der Waals surface area contributed by atoms with Crippen molar-refractivity contribution in [3.8, 4) is 0 Å². The van der Waals surface area contributed by atoms with Crippen LogP contribution < -0.4 is 5.32 Å². The van der Waals surface area contributed by atoms with Crippen molar-refractivity contribution < 1.29 is 18.3 Å². The highest BCUT2D eigenvalue weighted by Crippen LogP contribution is 2.26. The maximum Gasteiger partial charge on any atom is 0.261 e. The van der Waals surface area contributed by atoms with E-state index in [4.69, 9.17) is 4.74 Å². The van der Waals surface area contributed by atoms with Gasteiger partial charge in [0.2, 0.25) is 5.91 Å². The number of nitrogens with zero attached hydrogens (tertiary/aromatic N) is 1. The SMILES string of the molecule is O=C(CCOCC(F)F)N1CC2CNCC2C1. The molecular formula is C11H18F2N2O2. The van der Waals surface area contributed by atoms with E-state index in [1.165, 1.54) is 0 Å². The Bertz CT molecular complexity index is 264. The van der Waals surface area contributed by atoms with Crippen molar-refractivity contribution in [3.05, 3.63) is 0 Å². The number of carbonyl (C=O) groups is 1. The number of ether oxygens (including phenoxy) is 1. The number of alkyl halides is 2. The second kappa shape index (κ2) is 5.73. The van der Waals surface area contributed by atoms with Gasteiger partial charge >= 0.3 is 0 Å². The number of carbonyl (C=O) groups excluding carboxylic acids is 1. The van der Waals surface area contributed by atoms with Crippen LogP contribution in [0.1, 0.15) is 6.42 Å². The summed E-state index contributed by atoms with van der Waals surface area (Å²) in [5.74, 6) is 1.16. The molecule has 2 rings (SSSR count). The summed E-state index contributed by atoms with van der Waals surface area (Å²) in [5.41, 5.74) is 0. The van der Waals surface area contributed by atoms with Crippen LogP contribution in [0, 0.1) is 11.8 Å². The molecule has 0 spiro atoms. The smallest absolute Gasteiger partial charge is 0.261 e. The van der Waals surface area contributed by atoms with Gasteiger partial charge in [0.1, 0.15) is 6.61 Å². The lowest BCUT2D eigenvalue weighted by Crippen LogP contribution is -2.32. The zero-order chi connectivity index (χ0) is 12.3. The van der Waals surface area contributed by atoms with Gasteiger partial charge in [-0.15, -0.1) is 0 Å². The molecule has 0 aromatic carbocycles. The lowest BCUT2D eigenvalue weighted by Gasteiger charge is -2.17. The summed E-state index contributed by atoms with van der Waals surface area (Å²) in [6.45, 7) is 3.07. The van der Waals surface area contributed by atoms with Gasteiger partial charge in [0.25, 0.3) is 6.43 Å². The summed E-state index contributed by atoms with van der Waals surface area (Å²) >= 11 is 0. The van der Waals surface area contributed by atoms with Crippen LogP contribution in [-0.2, 0) is 9.53 Å². The molecule has 1 N–H and O–H groups in total. The van der Waals surface area contributed by atoms with E-state index < -0.39 is 13.0 Å². The molecule has 0 radical (unpaired) electrons. The Morgan fingerprint density at radius 1 is 1.35 bits per heavy atom. The Morgan fingerprint density at radius 2 is 2.00 bits per heavy atom. The minimum atomic E-state index is -2.46. The molecule has 4 nitrogen and oxygen atoms in total. The number of rotatable bonds is 5. The predicted octanol–water partition coefficient (Wildman–Crippen LogP) is 0.336. The van der Waals surface area contributed by atoms with Gasteiger partial charge in [-0.25, -0.2) is 8.78 Å². The number of hydrogen-bond donors (Lipinski definition) is 1. The van der Waals surface area contributed by atoms with Gasteiger partial charge in [-0.05, 0) is 11.8 Å². The third-order valence-corrected chi connectivity index (χ3v) is 3.45. The van der Waals surface area contributed by atoms with Crippen LogP contribution in [0.5, 0.6) is 0 Å². The summed E-state index contributed by atoms with van der Waals surface area (Å²) in [7, 11) is 0. The average molecular weight is 248 g/mol. The summed E-state index contributed by atoms with van der Waals surface area (Å²) in [6.07, 6.45) is -2.25. The van der Waals surface area contributed by atoms with E-state index in [-0.39, 0.29) is 18.9 Å². The molecule has 98 valence electrons. The zero-order valence-corrected chi connectivity index (χ0v) is 9.70. The highest BCUT2D eigenvalue weighted by atomic mass is 19.3. The van der Waals surface area contributed by atoms with E-state index in [9.17, 15) is 13.6 Å². The number of amides is 1. The lowest BCUT2D eigenvalue weighted by atomic mass is 10.0. The minimum absolute atomic E-state index is 0.0219. The molecular weight excluding hydrogens is 230 g/mol. The molecule has 1 amide bonds. The standard InChI is InChI=1S/C11H18F2N2O2/c12-10(13)7-17-2-1-11(16)15-5-8-3-14-4-9(8)6-15/h8-10,14H,1-7H2. The van der Waals surface area contributed by atoms with Crippen molar-refractivity contribution >= 4 is 5.91 Å². The van der Waals surface area contributed by atoms with Crippen LogP contribution in [0.2, 0.25) is 0 Å². The zero-order valence-electron chi connectivity index (χ0n) is 9.70. The maximum atomic E-state index is 11.8. The largest absolute Gasteiger partial charge is 0.375 e. The fraction of sp³-hybridized carbons (Fsp3) is 0.909. The molecule has 0 bridgehead atoms. The van der Waals surface area contributed by atoms with Gasteiger partial charge in [-0.1, -0.05) is 0 Å². The van der Waals surface area contributed by atoms with Crippen LogP contribution in [0.3, 0.4) is 0 Å². The predicted molar refractivity (Wildman–Crippen MR) is 57.9 cm³/mol. The second-order valence-electron chi connectivity index (χ2n) is 4.69. The van der Waals surface area contributed by atoms with Crippen LogP contribution in [0.15, 0.2) is 0 Å². The van der Waals surface area contributed by atoms with Crippen LogP contribution in [-0.4, -0.2) is 56.6 Å².